The Morgan fingerprint density at radius 2 is 1.18 bits per heavy atom. The summed E-state index contributed by atoms with van der Waals surface area (Å²) < 4.78 is 33.5. The van der Waals surface area contributed by atoms with Gasteiger partial charge in [0.2, 0.25) is 11.5 Å². The molecule has 0 aliphatic heterocycles. The van der Waals surface area contributed by atoms with Crippen LogP contribution in [0.25, 0.3) is 0 Å². The molecule has 2 aromatic carbocycles. The van der Waals surface area contributed by atoms with Gasteiger partial charge in [0, 0.05) is 11.1 Å². The molecule has 0 spiro atoms. The summed E-state index contributed by atoms with van der Waals surface area (Å²) in [6.45, 7) is 0. The maximum atomic E-state index is 5.37. The molecule has 0 amide bonds. The zero-order chi connectivity index (χ0) is 24.5. The van der Waals surface area contributed by atoms with E-state index in [4.69, 9.17) is 28.4 Å². The SMILES string of the molecule is COc1cc(/C=N\Nc2nncn2/N=C\c2cc(OC)c(OC)c(OC)c2)cc(OC)c1OC. The van der Waals surface area contributed by atoms with Crippen LogP contribution in [0.3, 0.4) is 0 Å². The number of anilines is 1. The van der Waals surface area contributed by atoms with E-state index in [-0.39, 0.29) is 0 Å². The van der Waals surface area contributed by atoms with Gasteiger partial charge in [-0.2, -0.15) is 14.9 Å². The Balaban J connectivity index is 1.79. The van der Waals surface area contributed by atoms with Crippen molar-refractivity contribution in [1.29, 1.82) is 0 Å². The van der Waals surface area contributed by atoms with Gasteiger partial charge in [0.05, 0.1) is 55.1 Å². The summed E-state index contributed by atoms with van der Waals surface area (Å²) in [7, 11) is 9.27. The van der Waals surface area contributed by atoms with Crippen LogP contribution >= 0.6 is 0 Å². The molecule has 12 heteroatoms. The number of aromatic nitrogens is 3. The van der Waals surface area contributed by atoms with Crippen molar-refractivity contribution in [3.63, 3.8) is 0 Å². The number of hydrazone groups is 1. The molecule has 0 aliphatic carbocycles. The monoisotopic (exact) mass is 470 g/mol. The normalized spacial score (nSPS) is 11.0. The molecule has 1 heterocycles. The van der Waals surface area contributed by atoms with Crippen LogP contribution in [0.4, 0.5) is 5.95 Å². The summed E-state index contributed by atoms with van der Waals surface area (Å²) in [4.78, 5) is 0. The maximum Gasteiger partial charge on any atom is 0.265 e. The highest BCUT2D eigenvalue weighted by molar-refractivity contribution is 5.83. The highest BCUT2D eigenvalue weighted by Crippen LogP contribution is 2.38. The first kappa shape index (κ1) is 24.2. The lowest BCUT2D eigenvalue weighted by molar-refractivity contribution is 0.324. The van der Waals surface area contributed by atoms with Gasteiger partial charge in [-0.25, -0.2) is 5.43 Å². The number of hydrogen-bond acceptors (Lipinski definition) is 11. The third-order valence-electron chi connectivity index (χ3n) is 4.61. The second kappa shape index (κ2) is 11.4. The standard InChI is InChI=1S/C22H26N6O6/c1-29-16-7-14(8-17(30-2)20(16)33-5)11-23-26-22-27-24-13-28(22)25-12-15-9-18(31-3)21(34-6)19(10-15)32-4/h7-13H,1-6H3,(H,26,27)/b23-11-,25-12-. The number of ether oxygens (including phenoxy) is 6. The van der Waals surface area contributed by atoms with Crippen LogP contribution in [0.2, 0.25) is 0 Å². The Kier molecular flexibility index (Phi) is 8.11. The van der Waals surface area contributed by atoms with Gasteiger partial charge in [0.1, 0.15) is 6.33 Å². The Hall–Kier alpha value is -4.48. The summed E-state index contributed by atoms with van der Waals surface area (Å²) in [5.74, 6) is 3.35. The van der Waals surface area contributed by atoms with Crippen molar-refractivity contribution >= 4 is 18.4 Å². The van der Waals surface area contributed by atoms with E-state index in [1.165, 1.54) is 11.0 Å². The lowest BCUT2D eigenvalue weighted by atomic mass is 10.2. The molecule has 3 aromatic rings. The third-order valence-corrected chi connectivity index (χ3v) is 4.61. The van der Waals surface area contributed by atoms with Gasteiger partial charge >= 0.3 is 0 Å². The Labute approximate surface area is 196 Å². The minimum atomic E-state index is 0.299. The zero-order valence-corrected chi connectivity index (χ0v) is 19.7. The molecular formula is C22H26N6O6. The molecule has 0 saturated carbocycles. The largest absolute Gasteiger partial charge is 0.493 e. The van der Waals surface area contributed by atoms with E-state index in [1.54, 1.807) is 79.4 Å². The van der Waals surface area contributed by atoms with Crippen molar-refractivity contribution in [3.05, 3.63) is 41.7 Å². The second-order valence-corrected chi connectivity index (χ2v) is 6.53. The first-order chi connectivity index (χ1) is 16.6. The number of benzene rings is 2. The van der Waals surface area contributed by atoms with Gasteiger partial charge < -0.3 is 28.4 Å². The van der Waals surface area contributed by atoms with Crippen LogP contribution in [0.5, 0.6) is 34.5 Å². The summed E-state index contributed by atoms with van der Waals surface area (Å²) in [6, 6.07) is 7.07. The van der Waals surface area contributed by atoms with Crippen molar-refractivity contribution in [3.8, 4) is 34.5 Å². The predicted molar refractivity (Wildman–Crippen MR) is 126 cm³/mol. The molecule has 1 N–H and O–H groups in total. The molecule has 34 heavy (non-hydrogen) atoms. The molecule has 0 atom stereocenters. The Morgan fingerprint density at radius 1 is 0.706 bits per heavy atom. The number of hydrogen-bond donors (Lipinski definition) is 1. The van der Waals surface area contributed by atoms with E-state index >= 15 is 0 Å². The second-order valence-electron chi connectivity index (χ2n) is 6.53. The van der Waals surface area contributed by atoms with Crippen molar-refractivity contribution in [2.24, 2.45) is 10.2 Å². The molecule has 0 fully saturated rings. The van der Waals surface area contributed by atoms with E-state index in [9.17, 15) is 0 Å². The number of rotatable bonds is 11. The highest BCUT2D eigenvalue weighted by Gasteiger charge is 2.13. The fourth-order valence-corrected chi connectivity index (χ4v) is 3.03. The first-order valence-electron chi connectivity index (χ1n) is 9.91. The van der Waals surface area contributed by atoms with Gasteiger partial charge in [-0.1, -0.05) is 0 Å². The van der Waals surface area contributed by atoms with Crippen molar-refractivity contribution < 1.29 is 28.4 Å². The first-order valence-corrected chi connectivity index (χ1v) is 9.91. The molecule has 12 nitrogen and oxygen atoms in total. The lowest BCUT2D eigenvalue weighted by Gasteiger charge is -2.12. The molecule has 0 unspecified atom stereocenters. The number of methoxy groups -OCH3 is 6. The van der Waals surface area contributed by atoms with E-state index < -0.39 is 0 Å². The van der Waals surface area contributed by atoms with Crippen LogP contribution in [-0.2, 0) is 0 Å². The minimum absolute atomic E-state index is 0.299. The van der Waals surface area contributed by atoms with Crippen LogP contribution < -0.4 is 33.8 Å². The highest BCUT2D eigenvalue weighted by atomic mass is 16.5. The van der Waals surface area contributed by atoms with Crippen LogP contribution in [-0.4, -0.2) is 70.0 Å². The fourth-order valence-electron chi connectivity index (χ4n) is 3.03. The summed E-state index contributed by atoms with van der Waals surface area (Å²) in [5, 5.41) is 16.4. The molecule has 1 aromatic heterocycles. The zero-order valence-electron chi connectivity index (χ0n) is 19.7. The predicted octanol–water partition coefficient (Wildman–Crippen LogP) is 2.66. The molecule has 0 aliphatic rings. The van der Waals surface area contributed by atoms with Gasteiger partial charge in [0.25, 0.3) is 5.95 Å². The van der Waals surface area contributed by atoms with Gasteiger partial charge in [-0.3, -0.25) is 0 Å². The van der Waals surface area contributed by atoms with E-state index in [0.717, 1.165) is 5.56 Å². The van der Waals surface area contributed by atoms with Gasteiger partial charge in [-0.15, -0.1) is 10.2 Å². The molecule has 180 valence electrons. The molecule has 3 rings (SSSR count). The molecule has 0 saturated heterocycles. The maximum absolute atomic E-state index is 5.37. The summed E-state index contributed by atoms with van der Waals surface area (Å²) in [5.41, 5.74) is 4.24. The van der Waals surface area contributed by atoms with E-state index in [1.807, 2.05) is 0 Å². The minimum Gasteiger partial charge on any atom is -0.493 e. The van der Waals surface area contributed by atoms with E-state index in [0.29, 0.717) is 46.0 Å². The van der Waals surface area contributed by atoms with Crippen molar-refractivity contribution in [2.75, 3.05) is 48.1 Å². The topological polar surface area (TPSA) is 123 Å². The van der Waals surface area contributed by atoms with Crippen LogP contribution in [0.15, 0.2) is 40.8 Å². The Morgan fingerprint density at radius 3 is 1.62 bits per heavy atom. The smallest absolute Gasteiger partial charge is 0.265 e. The van der Waals surface area contributed by atoms with Crippen molar-refractivity contribution in [1.82, 2.24) is 14.9 Å². The average Bonchev–Trinajstić information content (AvgIpc) is 3.33. The number of nitrogens with zero attached hydrogens (tertiary/aromatic N) is 5. The quantitative estimate of drug-likeness (QED) is 0.333. The Bertz CT molecular complexity index is 1130. The van der Waals surface area contributed by atoms with Crippen molar-refractivity contribution in [2.45, 2.75) is 0 Å². The van der Waals surface area contributed by atoms with Gasteiger partial charge in [-0.05, 0) is 24.3 Å². The average molecular weight is 470 g/mol. The summed E-state index contributed by atoms with van der Waals surface area (Å²) >= 11 is 0. The third kappa shape index (κ3) is 5.28. The fraction of sp³-hybridized carbons (Fsp3) is 0.273. The summed E-state index contributed by atoms with van der Waals surface area (Å²) in [6.07, 6.45) is 4.61. The van der Waals surface area contributed by atoms with Gasteiger partial charge in [0.15, 0.2) is 23.0 Å². The molecule has 0 radical (unpaired) electrons. The van der Waals surface area contributed by atoms with E-state index in [2.05, 4.69) is 25.8 Å². The molecule has 0 bridgehead atoms. The lowest BCUT2D eigenvalue weighted by Crippen LogP contribution is -2.01. The van der Waals surface area contributed by atoms with Crippen LogP contribution in [0.1, 0.15) is 11.1 Å². The number of nitrogens with one attached hydrogen (secondary N) is 1. The molecular weight excluding hydrogens is 444 g/mol. The van der Waals surface area contributed by atoms with Crippen LogP contribution in [0, 0.1) is 0 Å².